The third-order valence-corrected chi connectivity index (χ3v) is 5.90. The third kappa shape index (κ3) is 4.73. The summed E-state index contributed by atoms with van der Waals surface area (Å²) in [7, 11) is 0. The fraction of sp³-hybridized carbons (Fsp3) is 0.360. The van der Waals surface area contributed by atoms with Gasteiger partial charge in [-0.3, -0.25) is 9.48 Å². The van der Waals surface area contributed by atoms with E-state index < -0.39 is 0 Å². The molecule has 1 aliphatic rings. The van der Waals surface area contributed by atoms with Crippen LogP contribution in [-0.2, 0) is 6.54 Å². The van der Waals surface area contributed by atoms with Crippen molar-refractivity contribution < 1.29 is 4.79 Å². The van der Waals surface area contributed by atoms with Crippen LogP contribution >= 0.6 is 0 Å². The second-order valence-electron chi connectivity index (χ2n) is 8.20. The van der Waals surface area contributed by atoms with Gasteiger partial charge in [0, 0.05) is 23.1 Å². The predicted octanol–water partition coefficient (Wildman–Crippen LogP) is 5.55. The second kappa shape index (κ2) is 9.16. The SMILES string of the molecule is Cc1nn(Cc2ccccc2)c(C)c1C(=O)Nc1ccc(NC2CCCCC2)cc1. The zero-order valence-corrected chi connectivity index (χ0v) is 17.8. The van der Waals surface area contributed by atoms with Gasteiger partial charge in [-0.15, -0.1) is 0 Å². The van der Waals surface area contributed by atoms with Gasteiger partial charge in [0.25, 0.3) is 5.91 Å². The lowest BCUT2D eigenvalue weighted by Gasteiger charge is -2.23. The van der Waals surface area contributed by atoms with Crippen molar-refractivity contribution in [3.63, 3.8) is 0 Å². The number of aromatic nitrogens is 2. The number of nitrogens with zero attached hydrogens (tertiary/aromatic N) is 2. The molecule has 1 saturated carbocycles. The van der Waals surface area contributed by atoms with Crippen LogP contribution in [0.2, 0.25) is 0 Å². The fourth-order valence-corrected chi connectivity index (χ4v) is 4.26. The van der Waals surface area contributed by atoms with Gasteiger partial charge in [0.1, 0.15) is 0 Å². The van der Waals surface area contributed by atoms with Crippen molar-refractivity contribution in [1.82, 2.24) is 9.78 Å². The lowest BCUT2D eigenvalue weighted by atomic mass is 9.95. The molecule has 0 atom stereocenters. The number of amides is 1. The molecule has 0 aliphatic heterocycles. The average Bonchev–Trinajstić information content (AvgIpc) is 3.04. The molecule has 0 radical (unpaired) electrons. The molecule has 0 spiro atoms. The highest BCUT2D eigenvalue weighted by atomic mass is 16.1. The smallest absolute Gasteiger partial charge is 0.259 e. The van der Waals surface area contributed by atoms with Crippen molar-refractivity contribution in [3.05, 3.63) is 77.1 Å². The topological polar surface area (TPSA) is 59.0 Å². The molecule has 0 bridgehead atoms. The molecule has 0 saturated heterocycles. The van der Waals surface area contributed by atoms with E-state index in [-0.39, 0.29) is 5.91 Å². The first-order valence-corrected chi connectivity index (χ1v) is 10.9. The number of anilines is 2. The van der Waals surface area contributed by atoms with E-state index in [9.17, 15) is 4.79 Å². The summed E-state index contributed by atoms with van der Waals surface area (Å²) < 4.78 is 1.90. The van der Waals surface area contributed by atoms with Gasteiger partial charge in [0.05, 0.1) is 17.8 Å². The van der Waals surface area contributed by atoms with Gasteiger partial charge in [-0.2, -0.15) is 5.10 Å². The van der Waals surface area contributed by atoms with Crippen LogP contribution in [0.1, 0.15) is 59.4 Å². The summed E-state index contributed by atoms with van der Waals surface area (Å²) in [6.45, 7) is 4.50. The second-order valence-corrected chi connectivity index (χ2v) is 8.20. The minimum Gasteiger partial charge on any atom is -0.382 e. The molecule has 1 amide bonds. The van der Waals surface area contributed by atoms with E-state index in [1.165, 1.54) is 32.1 Å². The van der Waals surface area contributed by atoms with E-state index in [1.807, 2.05) is 61.0 Å². The number of carbonyl (C=O) groups is 1. The van der Waals surface area contributed by atoms with E-state index in [1.54, 1.807) is 0 Å². The largest absolute Gasteiger partial charge is 0.382 e. The highest BCUT2D eigenvalue weighted by molar-refractivity contribution is 6.05. The van der Waals surface area contributed by atoms with Crippen LogP contribution in [0.4, 0.5) is 11.4 Å². The predicted molar refractivity (Wildman–Crippen MR) is 122 cm³/mol. The van der Waals surface area contributed by atoms with E-state index in [2.05, 4.69) is 27.9 Å². The van der Waals surface area contributed by atoms with Crippen molar-refractivity contribution in [2.75, 3.05) is 10.6 Å². The maximum absolute atomic E-state index is 12.9. The summed E-state index contributed by atoms with van der Waals surface area (Å²) in [6, 6.07) is 18.7. The van der Waals surface area contributed by atoms with Gasteiger partial charge >= 0.3 is 0 Å². The van der Waals surface area contributed by atoms with Crippen LogP contribution in [0.3, 0.4) is 0 Å². The molecule has 1 aromatic heterocycles. The van der Waals surface area contributed by atoms with Crippen molar-refractivity contribution in [2.24, 2.45) is 0 Å². The Morgan fingerprint density at radius 3 is 2.33 bits per heavy atom. The molecular weight excluding hydrogens is 372 g/mol. The molecule has 1 fully saturated rings. The van der Waals surface area contributed by atoms with Gasteiger partial charge in [0.2, 0.25) is 0 Å². The number of nitrogens with one attached hydrogen (secondary N) is 2. The minimum atomic E-state index is -0.114. The number of carbonyl (C=O) groups excluding carboxylic acids is 1. The number of aryl methyl sites for hydroxylation is 1. The molecule has 5 heteroatoms. The third-order valence-electron chi connectivity index (χ3n) is 5.90. The van der Waals surface area contributed by atoms with Gasteiger partial charge in [-0.05, 0) is 56.5 Å². The first-order valence-electron chi connectivity index (χ1n) is 10.9. The van der Waals surface area contributed by atoms with Crippen molar-refractivity contribution in [3.8, 4) is 0 Å². The molecule has 2 N–H and O–H groups in total. The monoisotopic (exact) mass is 402 g/mol. The Bertz CT molecular complexity index is 986. The van der Waals surface area contributed by atoms with Crippen molar-refractivity contribution >= 4 is 17.3 Å². The Morgan fingerprint density at radius 2 is 1.63 bits per heavy atom. The maximum Gasteiger partial charge on any atom is 0.259 e. The normalized spacial score (nSPS) is 14.5. The zero-order valence-electron chi connectivity index (χ0n) is 17.8. The summed E-state index contributed by atoms with van der Waals surface area (Å²) in [5.41, 5.74) is 5.35. The summed E-state index contributed by atoms with van der Waals surface area (Å²) >= 11 is 0. The van der Waals surface area contributed by atoms with Crippen LogP contribution in [0.5, 0.6) is 0 Å². The summed E-state index contributed by atoms with van der Waals surface area (Å²) in [4.78, 5) is 12.9. The Kier molecular flexibility index (Phi) is 6.17. The van der Waals surface area contributed by atoms with Crippen molar-refractivity contribution in [1.29, 1.82) is 0 Å². The summed E-state index contributed by atoms with van der Waals surface area (Å²) in [5, 5.41) is 11.2. The molecule has 156 valence electrons. The van der Waals surface area contributed by atoms with Crippen LogP contribution in [-0.4, -0.2) is 21.7 Å². The van der Waals surface area contributed by atoms with Crippen LogP contribution in [0, 0.1) is 13.8 Å². The number of hydrogen-bond acceptors (Lipinski definition) is 3. The molecular formula is C25H30N4O. The highest BCUT2D eigenvalue weighted by Gasteiger charge is 2.19. The van der Waals surface area contributed by atoms with E-state index >= 15 is 0 Å². The van der Waals surface area contributed by atoms with Gasteiger partial charge in [0.15, 0.2) is 0 Å². The molecule has 4 rings (SSSR count). The Hall–Kier alpha value is -3.08. The number of benzene rings is 2. The van der Waals surface area contributed by atoms with E-state index in [0.717, 1.165) is 28.3 Å². The standard InChI is InChI=1S/C25H30N4O/c1-18-24(19(2)29(28-18)17-20-9-5-3-6-10-20)25(30)27-23-15-13-22(14-16-23)26-21-11-7-4-8-12-21/h3,5-6,9-10,13-16,21,26H,4,7-8,11-12,17H2,1-2H3,(H,27,30). The number of rotatable bonds is 6. The van der Waals surface area contributed by atoms with Gasteiger partial charge in [-0.1, -0.05) is 49.6 Å². The molecule has 30 heavy (non-hydrogen) atoms. The molecule has 0 unspecified atom stereocenters. The van der Waals surface area contributed by atoms with Crippen LogP contribution in [0.25, 0.3) is 0 Å². The van der Waals surface area contributed by atoms with Crippen LogP contribution < -0.4 is 10.6 Å². The first kappa shape index (κ1) is 20.2. The first-order chi connectivity index (χ1) is 14.6. The molecule has 5 nitrogen and oxygen atoms in total. The molecule has 3 aromatic rings. The van der Waals surface area contributed by atoms with Gasteiger partial charge in [-0.25, -0.2) is 0 Å². The van der Waals surface area contributed by atoms with Crippen molar-refractivity contribution in [2.45, 2.75) is 58.5 Å². The Balaban J connectivity index is 1.42. The molecule has 1 heterocycles. The summed E-state index contributed by atoms with van der Waals surface area (Å²) in [6.07, 6.45) is 6.45. The maximum atomic E-state index is 12.9. The average molecular weight is 403 g/mol. The van der Waals surface area contributed by atoms with E-state index in [4.69, 9.17) is 0 Å². The quantitative estimate of drug-likeness (QED) is 0.569. The lowest BCUT2D eigenvalue weighted by Crippen LogP contribution is -2.22. The molecule has 1 aliphatic carbocycles. The Morgan fingerprint density at radius 1 is 0.967 bits per heavy atom. The van der Waals surface area contributed by atoms with Gasteiger partial charge < -0.3 is 10.6 Å². The Labute approximate surface area is 178 Å². The zero-order chi connectivity index (χ0) is 20.9. The number of hydrogen-bond donors (Lipinski definition) is 2. The lowest BCUT2D eigenvalue weighted by molar-refractivity contribution is 0.102. The van der Waals surface area contributed by atoms with E-state index in [0.29, 0.717) is 18.2 Å². The fourth-order valence-electron chi connectivity index (χ4n) is 4.26. The minimum absolute atomic E-state index is 0.114. The highest BCUT2D eigenvalue weighted by Crippen LogP contribution is 2.23. The molecule has 2 aromatic carbocycles. The summed E-state index contributed by atoms with van der Waals surface area (Å²) in [5.74, 6) is -0.114. The van der Waals surface area contributed by atoms with Crippen LogP contribution in [0.15, 0.2) is 54.6 Å².